The first-order valence-corrected chi connectivity index (χ1v) is 6.06. The Kier molecular flexibility index (Phi) is 4.73. The van der Waals surface area contributed by atoms with Gasteiger partial charge in [0.05, 0.1) is 0 Å². The number of nitrogens with zero attached hydrogens (tertiary/aromatic N) is 1. The first kappa shape index (κ1) is 14.5. The van der Waals surface area contributed by atoms with Crippen LogP contribution in [0.25, 0.3) is 0 Å². The van der Waals surface area contributed by atoms with Crippen LogP contribution in [0.15, 0.2) is 18.2 Å². The van der Waals surface area contributed by atoms with E-state index in [0.29, 0.717) is 0 Å². The van der Waals surface area contributed by atoms with Crippen molar-refractivity contribution in [1.29, 1.82) is 0 Å². The fraction of sp³-hybridized carbons (Fsp3) is 0.385. The fourth-order valence-electron chi connectivity index (χ4n) is 1.58. The average Bonchev–Trinajstić information content (AvgIpc) is 2.27. The number of anilines is 1. The first-order valence-electron chi connectivity index (χ1n) is 5.62. The van der Waals surface area contributed by atoms with E-state index in [2.05, 4.69) is 5.32 Å². The lowest BCUT2D eigenvalue weighted by molar-refractivity contribution is -0.119. The molecule has 5 heteroatoms. The molecule has 0 bridgehead atoms. The Hall–Kier alpha value is -1.55. The predicted molar refractivity (Wildman–Crippen MR) is 73.2 cm³/mol. The molecule has 1 unspecified atom stereocenters. The molecule has 0 aromatic heterocycles. The lowest BCUT2D eigenvalue weighted by atomic mass is 10.1. The van der Waals surface area contributed by atoms with E-state index in [-0.39, 0.29) is 0 Å². The molecule has 0 saturated heterocycles. The number of nitrogens with one attached hydrogen (secondary N) is 1. The number of hydrogen-bond acceptors (Lipinski definition) is 2. The second-order valence-electron chi connectivity index (χ2n) is 4.26. The van der Waals surface area contributed by atoms with Crippen LogP contribution in [0, 0.1) is 13.8 Å². The van der Waals surface area contributed by atoms with Gasteiger partial charge in [0.2, 0.25) is 5.91 Å². The summed E-state index contributed by atoms with van der Waals surface area (Å²) >= 11 is 5.59. The lowest BCUT2D eigenvalue weighted by Crippen LogP contribution is -2.43. The summed E-state index contributed by atoms with van der Waals surface area (Å²) in [6.07, 6.45) is 0. The maximum absolute atomic E-state index is 11.8. The fourth-order valence-corrected chi connectivity index (χ4v) is 1.63. The van der Waals surface area contributed by atoms with Gasteiger partial charge >= 0.3 is 6.03 Å². The maximum Gasteiger partial charge on any atom is 0.328 e. The van der Waals surface area contributed by atoms with E-state index in [1.807, 2.05) is 32.0 Å². The van der Waals surface area contributed by atoms with E-state index in [1.54, 1.807) is 7.05 Å². The zero-order valence-corrected chi connectivity index (χ0v) is 11.7. The standard InChI is InChI=1S/C13H17ClN2O2/c1-8-5-6-11(9(2)7-8)16(4)13(18)15-12(17)10(3)14/h5-7,10H,1-4H3,(H,15,17,18). The number of amides is 3. The molecule has 0 heterocycles. The third kappa shape index (κ3) is 3.47. The number of alkyl halides is 1. The zero-order valence-electron chi connectivity index (χ0n) is 11.0. The van der Waals surface area contributed by atoms with Gasteiger partial charge in [0.1, 0.15) is 5.38 Å². The van der Waals surface area contributed by atoms with Gasteiger partial charge in [0, 0.05) is 12.7 Å². The van der Waals surface area contributed by atoms with Crippen LogP contribution in [0.1, 0.15) is 18.1 Å². The van der Waals surface area contributed by atoms with E-state index < -0.39 is 17.3 Å². The topological polar surface area (TPSA) is 49.4 Å². The molecule has 0 aliphatic carbocycles. The number of halogens is 1. The summed E-state index contributed by atoms with van der Waals surface area (Å²) < 4.78 is 0. The van der Waals surface area contributed by atoms with E-state index >= 15 is 0 Å². The number of carbonyl (C=O) groups excluding carboxylic acids is 2. The Morgan fingerprint density at radius 2 is 1.94 bits per heavy atom. The molecule has 1 rings (SSSR count). The van der Waals surface area contributed by atoms with Crippen LogP contribution in [0.5, 0.6) is 0 Å². The minimum absolute atomic E-state index is 0.487. The molecule has 18 heavy (non-hydrogen) atoms. The van der Waals surface area contributed by atoms with E-state index in [1.165, 1.54) is 11.8 Å². The van der Waals surface area contributed by atoms with Crippen LogP contribution >= 0.6 is 11.6 Å². The largest absolute Gasteiger partial charge is 0.328 e. The van der Waals surface area contributed by atoms with Gasteiger partial charge in [-0.3, -0.25) is 15.0 Å². The molecule has 1 aromatic carbocycles. The van der Waals surface area contributed by atoms with Crippen molar-refractivity contribution in [3.8, 4) is 0 Å². The van der Waals surface area contributed by atoms with Crippen molar-refractivity contribution in [3.05, 3.63) is 29.3 Å². The minimum Gasteiger partial charge on any atom is -0.297 e. The summed E-state index contributed by atoms with van der Waals surface area (Å²) in [5, 5.41) is 1.50. The molecule has 0 aliphatic rings. The monoisotopic (exact) mass is 268 g/mol. The molecule has 0 radical (unpaired) electrons. The quantitative estimate of drug-likeness (QED) is 0.838. The molecular formula is C13H17ClN2O2. The van der Waals surface area contributed by atoms with Crippen LogP contribution in [-0.4, -0.2) is 24.4 Å². The summed E-state index contributed by atoms with van der Waals surface area (Å²) in [6, 6.07) is 5.25. The molecule has 0 saturated carbocycles. The SMILES string of the molecule is Cc1ccc(N(C)C(=O)NC(=O)C(C)Cl)c(C)c1. The summed E-state index contributed by atoms with van der Waals surface area (Å²) in [4.78, 5) is 24.6. The zero-order chi connectivity index (χ0) is 13.9. The van der Waals surface area contributed by atoms with E-state index in [9.17, 15) is 9.59 Å². The molecule has 0 aliphatic heterocycles. The van der Waals surface area contributed by atoms with Crippen molar-refractivity contribution in [2.45, 2.75) is 26.1 Å². The highest BCUT2D eigenvalue weighted by molar-refractivity contribution is 6.31. The van der Waals surface area contributed by atoms with Crippen molar-refractivity contribution < 1.29 is 9.59 Å². The summed E-state index contributed by atoms with van der Waals surface area (Å²) in [6.45, 7) is 5.41. The molecule has 1 aromatic rings. The van der Waals surface area contributed by atoms with E-state index in [4.69, 9.17) is 11.6 Å². The van der Waals surface area contributed by atoms with Crippen LogP contribution in [0.3, 0.4) is 0 Å². The first-order chi connectivity index (χ1) is 8.32. The van der Waals surface area contributed by atoms with Crippen molar-refractivity contribution in [2.75, 3.05) is 11.9 Å². The second kappa shape index (κ2) is 5.87. The number of urea groups is 1. The molecular weight excluding hydrogens is 252 g/mol. The Balaban J connectivity index is 2.83. The van der Waals surface area contributed by atoms with Crippen LogP contribution in [0.2, 0.25) is 0 Å². The second-order valence-corrected chi connectivity index (χ2v) is 4.91. The number of benzene rings is 1. The average molecular weight is 269 g/mol. The highest BCUT2D eigenvalue weighted by Gasteiger charge is 2.18. The van der Waals surface area contributed by atoms with Crippen molar-refractivity contribution in [3.63, 3.8) is 0 Å². The number of carbonyl (C=O) groups is 2. The van der Waals surface area contributed by atoms with Gasteiger partial charge in [0.15, 0.2) is 0 Å². The Morgan fingerprint density at radius 3 is 2.44 bits per heavy atom. The molecule has 1 N–H and O–H groups in total. The molecule has 1 atom stereocenters. The van der Waals surface area contributed by atoms with Crippen molar-refractivity contribution in [1.82, 2.24) is 5.32 Å². The minimum atomic E-state index is -0.735. The third-order valence-electron chi connectivity index (χ3n) is 2.61. The van der Waals surface area contributed by atoms with Gasteiger partial charge in [-0.15, -0.1) is 11.6 Å². The summed E-state index contributed by atoms with van der Waals surface area (Å²) in [5.41, 5.74) is 2.85. The number of aryl methyl sites for hydroxylation is 2. The van der Waals surface area contributed by atoms with Crippen LogP contribution in [0.4, 0.5) is 10.5 Å². The van der Waals surface area contributed by atoms with Gasteiger partial charge < -0.3 is 0 Å². The van der Waals surface area contributed by atoms with Gasteiger partial charge in [-0.25, -0.2) is 4.79 Å². The normalized spacial score (nSPS) is 11.8. The van der Waals surface area contributed by atoms with Gasteiger partial charge in [-0.2, -0.15) is 0 Å². The Bertz CT molecular complexity index is 472. The highest BCUT2D eigenvalue weighted by atomic mass is 35.5. The van der Waals surface area contributed by atoms with Crippen LogP contribution < -0.4 is 10.2 Å². The van der Waals surface area contributed by atoms with E-state index in [0.717, 1.165) is 16.8 Å². The highest BCUT2D eigenvalue weighted by Crippen LogP contribution is 2.19. The third-order valence-corrected chi connectivity index (χ3v) is 2.81. The number of imide groups is 1. The molecule has 0 spiro atoms. The van der Waals surface area contributed by atoms with Crippen molar-refractivity contribution in [2.24, 2.45) is 0 Å². The van der Waals surface area contributed by atoms with Gasteiger partial charge in [-0.05, 0) is 32.4 Å². The Morgan fingerprint density at radius 1 is 1.33 bits per heavy atom. The number of hydrogen-bond donors (Lipinski definition) is 1. The summed E-state index contributed by atoms with van der Waals surface area (Å²) in [5.74, 6) is -0.502. The predicted octanol–water partition coefficient (Wildman–Crippen LogP) is 2.60. The molecule has 4 nitrogen and oxygen atoms in total. The van der Waals surface area contributed by atoms with Crippen molar-refractivity contribution >= 4 is 29.2 Å². The molecule has 0 fully saturated rings. The lowest BCUT2D eigenvalue weighted by Gasteiger charge is -2.20. The van der Waals surface area contributed by atoms with Gasteiger partial charge in [-0.1, -0.05) is 17.7 Å². The van der Waals surface area contributed by atoms with Gasteiger partial charge in [0.25, 0.3) is 0 Å². The number of rotatable bonds is 2. The maximum atomic E-state index is 11.8. The Labute approximate surface area is 112 Å². The molecule has 3 amide bonds. The van der Waals surface area contributed by atoms with Crippen LogP contribution in [-0.2, 0) is 4.79 Å². The smallest absolute Gasteiger partial charge is 0.297 e. The summed E-state index contributed by atoms with van der Waals surface area (Å²) in [7, 11) is 1.61. The molecule has 98 valence electrons.